The van der Waals surface area contributed by atoms with E-state index in [1.54, 1.807) is 17.0 Å². The highest BCUT2D eigenvalue weighted by molar-refractivity contribution is 9.10. The Bertz CT molecular complexity index is 1160. The van der Waals surface area contributed by atoms with Crippen molar-refractivity contribution in [3.05, 3.63) is 34.2 Å². The molecule has 0 aliphatic carbocycles. The molecule has 31 heavy (non-hydrogen) atoms. The Morgan fingerprint density at radius 3 is 3.00 bits per heavy atom. The molecule has 1 saturated heterocycles. The van der Waals surface area contributed by atoms with Gasteiger partial charge in [-0.3, -0.25) is 4.79 Å². The number of hydrogen-bond acceptors (Lipinski definition) is 8. The summed E-state index contributed by atoms with van der Waals surface area (Å²) < 4.78 is 11.4. The number of amides is 1. The Morgan fingerprint density at radius 2 is 2.29 bits per heavy atom. The van der Waals surface area contributed by atoms with Crippen LogP contribution in [0.25, 0.3) is 11.0 Å². The smallest absolute Gasteiger partial charge is 0.271 e. The van der Waals surface area contributed by atoms with E-state index in [0.29, 0.717) is 69.5 Å². The summed E-state index contributed by atoms with van der Waals surface area (Å²) in [6, 6.07) is 3.32. The molecule has 0 radical (unpaired) electrons. The van der Waals surface area contributed by atoms with Crippen molar-refractivity contribution in [2.45, 2.75) is 13.0 Å². The number of rotatable bonds is 5. The normalized spacial score (nSPS) is 16.4. The van der Waals surface area contributed by atoms with Crippen LogP contribution in [-0.2, 0) is 4.74 Å². The number of H-pyrrole nitrogens is 1. The van der Waals surface area contributed by atoms with Crippen LogP contribution in [0.3, 0.4) is 0 Å². The molecule has 0 bridgehead atoms. The molecule has 3 aromatic rings. The Balaban J connectivity index is 1.76. The average Bonchev–Trinajstić information content (AvgIpc) is 3.12. The summed E-state index contributed by atoms with van der Waals surface area (Å²) in [4.78, 5) is 26.7. The van der Waals surface area contributed by atoms with Gasteiger partial charge in [-0.2, -0.15) is 0 Å². The quantitative estimate of drug-likeness (QED) is 0.320. The van der Waals surface area contributed by atoms with Gasteiger partial charge in [0, 0.05) is 30.1 Å². The molecule has 10 nitrogen and oxygen atoms in total. The van der Waals surface area contributed by atoms with E-state index in [2.05, 4.69) is 36.2 Å². The second-order valence-corrected chi connectivity index (χ2v) is 7.93. The number of methoxy groups -OCH3 is 1. The van der Waals surface area contributed by atoms with Crippen LogP contribution in [0, 0.1) is 5.41 Å². The zero-order valence-corrected chi connectivity index (χ0v) is 18.6. The third-order valence-corrected chi connectivity index (χ3v) is 5.98. The minimum absolute atomic E-state index is 0.0261. The highest BCUT2D eigenvalue weighted by Crippen LogP contribution is 2.37. The number of carbonyl (C=O) groups is 1. The number of nitrogens with two attached hydrogens (primary N) is 1. The molecule has 5 N–H and O–H groups in total. The fourth-order valence-corrected chi connectivity index (χ4v) is 4.18. The molecule has 1 fully saturated rings. The van der Waals surface area contributed by atoms with Crippen molar-refractivity contribution in [1.29, 1.82) is 5.41 Å². The van der Waals surface area contributed by atoms with Crippen LogP contribution in [0.5, 0.6) is 5.75 Å². The predicted octanol–water partition coefficient (Wildman–Crippen LogP) is 2.91. The number of nitrogens with zero attached hydrogens (tertiary/aromatic N) is 3. The van der Waals surface area contributed by atoms with Crippen LogP contribution < -0.4 is 15.8 Å². The Morgan fingerprint density at radius 1 is 1.48 bits per heavy atom. The number of aromatic nitrogens is 3. The van der Waals surface area contributed by atoms with E-state index in [1.807, 2.05) is 6.92 Å². The molecular weight excluding hydrogens is 466 g/mol. The minimum Gasteiger partial charge on any atom is -0.494 e. The molecule has 4 rings (SSSR count). The van der Waals surface area contributed by atoms with E-state index in [1.165, 1.54) is 19.7 Å². The standard InChI is InChI=1S/C20H22BrN7O3/c1-10-8-31-4-3-28(10)20(29)17-16(21)15-18(24-9-25-19(15)27-17)26-13-5-11(7-22)12(23)6-14(13)30-2/h5-7,9-10,22H,3-4,8,23H2,1-2H3,(H2,24,25,26,27). The van der Waals surface area contributed by atoms with E-state index in [-0.39, 0.29) is 11.9 Å². The highest BCUT2D eigenvalue weighted by atomic mass is 79.9. The number of ether oxygens (including phenoxy) is 2. The van der Waals surface area contributed by atoms with Gasteiger partial charge in [-0.15, -0.1) is 0 Å². The molecule has 11 heteroatoms. The van der Waals surface area contributed by atoms with E-state index in [4.69, 9.17) is 20.6 Å². The third-order valence-electron chi connectivity index (χ3n) is 5.19. The van der Waals surface area contributed by atoms with Gasteiger partial charge in [-0.05, 0) is 28.9 Å². The fourth-order valence-electron chi connectivity index (χ4n) is 3.53. The first-order valence-electron chi connectivity index (χ1n) is 9.60. The van der Waals surface area contributed by atoms with Crippen LogP contribution in [0.1, 0.15) is 23.0 Å². The van der Waals surface area contributed by atoms with E-state index in [0.717, 1.165) is 0 Å². The number of hydrogen-bond donors (Lipinski definition) is 4. The second-order valence-electron chi connectivity index (χ2n) is 7.13. The number of anilines is 3. The monoisotopic (exact) mass is 487 g/mol. The molecule has 3 heterocycles. The summed E-state index contributed by atoms with van der Waals surface area (Å²) in [6.07, 6.45) is 2.57. The van der Waals surface area contributed by atoms with E-state index < -0.39 is 0 Å². The molecule has 0 saturated carbocycles. The lowest BCUT2D eigenvalue weighted by Gasteiger charge is -2.33. The van der Waals surface area contributed by atoms with Gasteiger partial charge in [0.05, 0.1) is 41.9 Å². The van der Waals surface area contributed by atoms with Crippen LogP contribution in [-0.4, -0.2) is 64.9 Å². The third kappa shape index (κ3) is 3.81. The molecule has 1 aromatic carbocycles. The molecule has 1 aliphatic heterocycles. The lowest BCUT2D eigenvalue weighted by atomic mass is 10.1. The topological polar surface area (TPSA) is 142 Å². The number of nitrogens with one attached hydrogen (secondary N) is 3. The maximum absolute atomic E-state index is 13.2. The number of fused-ring (bicyclic) bond motifs is 1. The number of morpholine rings is 1. The Hall–Kier alpha value is -3.18. The first kappa shape index (κ1) is 21.1. The van der Waals surface area contributed by atoms with Crippen molar-refractivity contribution in [3.8, 4) is 5.75 Å². The second kappa shape index (κ2) is 8.52. The number of aromatic amines is 1. The number of benzene rings is 1. The van der Waals surface area contributed by atoms with Gasteiger partial charge in [-0.1, -0.05) is 0 Å². The van der Waals surface area contributed by atoms with Gasteiger partial charge in [0.1, 0.15) is 29.2 Å². The summed E-state index contributed by atoms with van der Waals surface area (Å²) in [7, 11) is 1.53. The lowest BCUT2D eigenvalue weighted by Crippen LogP contribution is -2.47. The molecule has 0 spiro atoms. The van der Waals surface area contributed by atoms with E-state index >= 15 is 0 Å². The first-order chi connectivity index (χ1) is 14.9. The van der Waals surface area contributed by atoms with Crippen LogP contribution in [0.15, 0.2) is 22.9 Å². The summed E-state index contributed by atoms with van der Waals surface area (Å²) in [5.41, 5.74) is 8.42. The van der Waals surface area contributed by atoms with Crippen LogP contribution in [0.4, 0.5) is 17.2 Å². The zero-order valence-electron chi connectivity index (χ0n) is 17.0. The maximum atomic E-state index is 13.2. The van der Waals surface area contributed by atoms with Gasteiger partial charge in [0.15, 0.2) is 0 Å². The SMILES string of the molecule is COc1cc(N)c(C=N)cc1Nc1ncnc2[nH]c(C(=O)N3CCOCC3C)c(Br)c12. The summed E-state index contributed by atoms with van der Waals surface area (Å²) in [5, 5.41) is 11.4. The van der Waals surface area contributed by atoms with Crippen molar-refractivity contribution in [2.24, 2.45) is 0 Å². The predicted molar refractivity (Wildman–Crippen MR) is 121 cm³/mol. The van der Waals surface area contributed by atoms with Gasteiger partial charge in [0.2, 0.25) is 0 Å². The van der Waals surface area contributed by atoms with Gasteiger partial charge in [0.25, 0.3) is 5.91 Å². The largest absolute Gasteiger partial charge is 0.494 e. The Labute approximate surface area is 186 Å². The van der Waals surface area contributed by atoms with Gasteiger partial charge in [-0.25, -0.2) is 9.97 Å². The number of halogens is 1. The van der Waals surface area contributed by atoms with Crippen molar-refractivity contribution in [3.63, 3.8) is 0 Å². The summed E-state index contributed by atoms with van der Waals surface area (Å²) in [5.74, 6) is 0.837. The number of nitrogen functional groups attached to an aromatic ring is 1. The Kier molecular flexibility index (Phi) is 5.79. The molecule has 1 amide bonds. The van der Waals surface area contributed by atoms with Crippen LogP contribution >= 0.6 is 15.9 Å². The van der Waals surface area contributed by atoms with Gasteiger partial charge < -0.3 is 35.8 Å². The molecule has 1 atom stereocenters. The van der Waals surface area contributed by atoms with E-state index in [9.17, 15) is 4.79 Å². The van der Waals surface area contributed by atoms with Crippen molar-refractivity contribution in [1.82, 2.24) is 19.9 Å². The maximum Gasteiger partial charge on any atom is 0.271 e. The molecular formula is C20H22BrN7O3. The number of carbonyl (C=O) groups excluding carboxylic acids is 1. The van der Waals surface area contributed by atoms with Crippen molar-refractivity contribution < 1.29 is 14.3 Å². The lowest BCUT2D eigenvalue weighted by molar-refractivity contribution is 0.00327. The molecule has 162 valence electrons. The fraction of sp³-hybridized carbons (Fsp3) is 0.300. The average molecular weight is 488 g/mol. The zero-order chi connectivity index (χ0) is 22.1. The van der Waals surface area contributed by atoms with Gasteiger partial charge >= 0.3 is 0 Å². The van der Waals surface area contributed by atoms with Crippen molar-refractivity contribution >= 4 is 56.3 Å². The van der Waals surface area contributed by atoms with Crippen molar-refractivity contribution in [2.75, 3.05) is 37.9 Å². The molecule has 1 unspecified atom stereocenters. The minimum atomic E-state index is -0.136. The summed E-state index contributed by atoms with van der Waals surface area (Å²) in [6.45, 7) is 3.48. The highest BCUT2D eigenvalue weighted by Gasteiger charge is 2.29. The van der Waals surface area contributed by atoms with Crippen LogP contribution in [0.2, 0.25) is 0 Å². The molecule has 1 aliphatic rings. The first-order valence-corrected chi connectivity index (χ1v) is 10.4. The molecule has 2 aromatic heterocycles. The summed E-state index contributed by atoms with van der Waals surface area (Å²) >= 11 is 3.56.